The highest BCUT2D eigenvalue weighted by Crippen LogP contribution is 2.36. The summed E-state index contributed by atoms with van der Waals surface area (Å²) in [6.07, 6.45) is 51.4. The van der Waals surface area contributed by atoms with E-state index in [1.165, 1.54) is 212 Å². The maximum Gasteiger partial charge on any atom is 0.469 e. The second-order valence-electron chi connectivity index (χ2n) is 17.1. The molecule has 0 aliphatic heterocycles. The van der Waals surface area contributed by atoms with Crippen LogP contribution in [-0.4, -0.2) is 39.6 Å². The smallest absolute Gasteiger partial charge is 0.391 e. The van der Waals surface area contributed by atoms with Gasteiger partial charge in [-0.3, -0.25) is 9.32 Å². The largest absolute Gasteiger partial charge is 0.469 e. The van der Waals surface area contributed by atoms with Crippen LogP contribution in [0.4, 0.5) is 0 Å². The molecule has 55 heavy (non-hydrogen) atoms. The van der Waals surface area contributed by atoms with Crippen molar-refractivity contribution in [1.29, 1.82) is 0 Å². The monoisotopic (exact) mass is 802 g/mol. The third-order valence-electron chi connectivity index (χ3n) is 11.6. The van der Waals surface area contributed by atoms with Gasteiger partial charge in [0.1, 0.15) is 0 Å². The fraction of sp³-hybridized carbons (Fsp3) is 0.979. The summed E-state index contributed by atoms with van der Waals surface area (Å²) >= 11 is 0. The maximum atomic E-state index is 12.6. The average Bonchev–Trinajstić information content (AvgIpc) is 3.16. The lowest BCUT2D eigenvalue weighted by atomic mass is 10.0. The molecule has 0 saturated carbocycles. The van der Waals surface area contributed by atoms with Crippen molar-refractivity contribution in [3.05, 3.63) is 0 Å². The summed E-state index contributed by atoms with van der Waals surface area (Å²) in [6, 6.07) is -0.817. The minimum absolute atomic E-state index is 0.189. The molecule has 0 rings (SSSR count). The second kappa shape index (κ2) is 43.1. The van der Waals surface area contributed by atoms with Crippen molar-refractivity contribution in [1.82, 2.24) is 5.32 Å². The Balaban J connectivity index is 3.59. The van der Waals surface area contributed by atoms with Crippen LogP contribution < -0.4 is 5.32 Å². The number of carbonyl (C=O) groups is 1. The lowest BCUT2D eigenvalue weighted by Crippen LogP contribution is -2.46. The summed E-state index contributed by atoms with van der Waals surface area (Å²) in [4.78, 5) is 30.9. The Kier molecular flexibility index (Phi) is 42.8. The minimum atomic E-state index is -4.68. The van der Waals surface area contributed by atoms with Crippen LogP contribution >= 0.6 is 7.82 Å². The highest BCUT2D eigenvalue weighted by molar-refractivity contribution is 7.46. The molecule has 0 aromatic rings. The molecule has 0 aliphatic rings. The zero-order chi connectivity index (χ0) is 40.3. The molecule has 0 aromatic heterocycles. The van der Waals surface area contributed by atoms with Gasteiger partial charge in [0.15, 0.2) is 0 Å². The van der Waals surface area contributed by atoms with Gasteiger partial charge in [-0.2, -0.15) is 0 Å². The van der Waals surface area contributed by atoms with E-state index in [0.29, 0.717) is 12.8 Å². The highest BCUT2D eigenvalue weighted by atomic mass is 31.2. The molecule has 0 saturated heterocycles. The van der Waals surface area contributed by atoms with Crippen LogP contribution in [0.15, 0.2) is 0 Å². The van der Waals surface area contributed by atoms with Crippen molar-refractivity contribution in [2.75, 3.05) is 6.61 Å². The topological polar surface area (TPSA) is 116 Å². The molecule has 0 unspecified atom stereocenters. The van der Waals surface area contributed by atoms with E-state index < -0.39 is 26.6 Å². The second-order valence-corrected chi connectivity index (χ2v) is 18.4. The van der Waals surface area contributed by atoms with Crippen LogP contribution in [0.5, 0.6) is 0 Å². The van der Waals surface area contributed by atoms with Gasteiger partial charge in [-0.05, 0) is 12.8 Å². The molecule has 0 aliphatic carbocycles. The first-order chi connectivity index (χ1) is 26.8. The normalized spacial score (nSPS) is 13.0. The molecule has 0 spiro atoms. The Hall–Kier alpha value is -0.460. The van der Waals surface area contributed by atoms with Gasteiger partial charge in [0.25, 0.3) is 0 Å². The summed E-state index contributed by atoms with van der Waals surface area (Å²) < 4.78 is 15.9. The van der Waals surface area contributed by atoms with Gasteiger partial charge < -0.3 is 20.2 Å². The quantitative estimate of drug-likeness (QED) is 0.0360. The van der Waals surface area contributed by atoms with Gasteiger partial charge >= 0.3 is 7.82 Å². The van der Waals surface area contributed by atoms with Gasteiger partial charge in [-0.1, -0.05) is 258 Å². The minimum Gasteiger partial charge on any atom is -0.391 e. The molecule has 0 fully saturated rings. The van der Waals surface area contributed by atoms with Crippen LogP contribution in [0.3, 0.4) is 0 Å². The Morgan fingerprint density at radius 3 is 0.982 bits per heavy atom. The fourth-order valence-electron chi connectivity index (χ4n) is 7.88. The van der Waals surface area contributed by atoms with Crippen molar-refractivity contribution in [3.8, 4) is 0 Å². The van der Waals surface area contributed by atoms with E-state index in [1.54, 1.807) is 0 Å². The molecule has 0 heterocycles. The van der Waals surface area contributed by atoms with E-state index in [4.69, 9.17) is 9.79 Å². The number of amides is 1. The molecule has 0 bridgehead atoms. The molecular formula is C47H96NO6P. The number of aliphatic hydroxyl groups is 1. The molecule has 0 radical (unpaired) electrons. The first kappa shape index (κ1) is 54.5. The first-order valence-corrected chi connectivity index (χ1v) is 26.0. The molecule has 2 atom stereocenters. The average molecular weight is 802 g/mol. The number of nitrogens with one attached hydrogen (secondary N) is 1. The van der Waals surface area contributed by atoms with E-state index in [0.717, 1.165) is 38.5 Å². The number of aliphatic hydroxyl groups excluding tert-OH is 1. The zero-order valence-corrected chi connectivity index (χ0v) is 37.8. The van der Waals surface area contributed by atoms with Gasteiger partial charge in [0, 0.05) is 6.42 Å². The summed E-state index contributed by atoms with van der Waals surface area (Å²) in [5.41, 5.74) is 0. The Bertz CT molecular complexity index is 823. The molecular weight excluding hydrogens is 705 g/mol. The Labute approximate surface area is 342 Å². The summed E-state index contributed by atoms with van der Waals surface area (Å²) in [6.45, 7) is 4.12. The Morgan fingerprint density at radius 2 is 0.709 bits per heavy atom. The third kappa shape index (κ3) is 44.5. The van der Waals surface area contributed by atoms with Gasteiger partial charge in [-0.15, -0.1) is 0 Å². The molecule has 330 valence electrons. The van der Waals surface area contributed by atoms with Crippen molar-refractivity contribution in [2.24, 2.45) is 0 Å². The summed E-state index contributed by atoms with van der Waals surface area (Å²) in [7, 11) is -4.68. The van der Waals surface area contributed by atoms with Crippen LogP contribution in [0.1, 0.15) is 277 Å². The summed E-state index contributed by atoms with van der Waals surface area (Å²) in [5, 5.41) is 13.5. The van der Waals surface area contributed by atoms with Gasteiger partial charge in [0.2, 0.25) is 5.91 Å². The molecule has 4 N–H and O–H groups in total. The molecule has 8 heteroatoms. The van der Waals surface area contributed by atoms with E-state index in [9.17, 15) is 14.5 Å². The fourth-order valence-corrected chi connectivity index (χ4v) is 8.23. The number of hydrogen-bond acceptors (Lipinski definition) is 4. The number of phosphoric acid groups is 1. The maximum absolute atomic E-state index is 12.6. The van der Waals surface area contributed by atoms with Crippen molar-refractivity contribution >= 4 is 13.7 Å². The Morgan fingerprint density at radius 1 is 0.455 bits per heavy atom. The summed E-state index contributed by atoms with van der Waals surface area (Å²) in [5.74, 6) is -0.189. The first-order valence-electron chi connectivity index (χ1n) is 24.5. The van der Waals surface area contributed by atoms with E-state index in [1.807, 2.05) is 0 Å². The molecule has 1 amide bonds. The predicted octanol–water partition coefficient (Wildman–Crippen LogP) is 15.0. The number of phosphoric ester groups is 1. The number of unbranched alkanes of at least 4 members (excludes halogenated alkanes) is 37. The lowest BCUT2D eigenvalue weighted by molar-refractivity contribution is -0.123. The van der Waals surface area contributed by atoms with Crippen LogP contribution in [0.2, 0.25) is 0 Å². The predicted molar refractivity (Wildman–Crippen MR) is 237 cm³/mol. The van der Waals surface area contributed by atoms with Crippen LogP contribution in [0.25, 0.3) is 0 Å². The number of hydrogen-bond donors (Lipinski definition) is 4. The standard InChI is InChI=1S/C47H96NO6P/c1-3-5-7-9-11-13-14-15-16-17-18-19-20-21-22-23-24-25-26-27-28-29-30-31-32-33-35-37-39-41-43-47(50)48-45(44-54-55(51,52)53)46(49)42-40-38-36-34-12-10-8-6-4-2/h45-46,49H,3-44H2,1-2H3,(H,48,50)(H2,51,52,53)/t45-,46+/m0/s1. The van der Waals surface area contributed by atoms with Gasteiger partial charge in [0.05, 0.1) is 18.8 Å². The zero-order valence-electron chi connectivity index (χ0n) is 36.9. The van der Waals surface area contributed by atoms with Crippen molar-refractivity contribution in [3.63, 3.8) is 0 Å². The van der Waals surface area contributed by atoms with Crippen molar-refractivity contribution in [2.45, 2.75) is 289 Å². The number of carbonyl (C=O) groups excluding carboxylic acids is 1. The highest BCUT2D eigenvalue weighted by Gasteiger charge is 2.25. The molecule has 0 aromatic carbocycles. The third-order valence-corrected chi connectivity index (χ3v) is 12.1. The van der Waals surface area contributed by atoms with E-state index in [-0.39, 0.29) is 5.91 Å². The van der Waals surface area contributed by atoms with E-state index in [2.05, 4.69) is 23.7 Å². The van der Waals surface area contributed by atoms with E-state index >= 15 is 0 Å². The van der Waals surface area contributed by atoms with Crippen molar-refractivity contribution < 1.29 is 28.8 Å². The van der Waals surface area contributed by atoms with Crippen LogP contribution in [0, 0.1) is 0 Å². The van der Waals surface area contributed by atoms with Gasteiger partial charge in [-0.25, -0.2) is 4.57 Å². The van der Waals surface area contributed by atoms with Crippen LogP contribution in [-0.2, 0) is 13.9 Å². The SMILES string of the molecule is CCCCCCCCCCCCCCCCCCCCCCCCCCCCCCCCC(=O)N[C@@H](COP(=O)(O)O)[C@H](O)CCCCCCCCCCC. The number of rotatable bonds is 46. The molecule has 7 nitrogen and oxygen atoms in total. The lowest BCUT2D eigenvalue weighted by Gasteiger charge is -2.24.